The number of pyridine rings is 1. The summed E-state index contributed by atoms with van der Waals surface area (Å²) >= 11 is 0. The van der Waals surface area contributed by atoms with Crippen LogP contribution in [0.1, 0.15) is 17.3 Å². The van der Waals surface area contributed by atoms with E-state index in [1.54, 1.807) is 22.8 Å². The lowest BCUT2D eigenvalue weighted by Crippen LogP contribution is -2.24. The van der Waals surface area contributed by atoms with Crippen molar-refractivity contribution < 1.29 is 18.7 Å². The van der Waals surface area contributed by atoms with E-state index in [1.165, 1.54) is 32.5 Å². The maximum Gasteiger partial charge on any atom is 0.261 e. The zero-order valence-corrected chi connectivity index (χ0v) is 15.2. The molecular weight excluding hydrogens is 351 g/mol. The molecule has 1 heterocycles. The molecule has 6 nitrogen and oxygen atoms in total. The lowest BCUT2D eigenvalue weighted by Gasteiger charge is -2.14. The zero-order valence-electron chi connectivity index (χ0n) is 15.2. The summed E-state index contributed by atoms with van der Waals surface area (Å²) < 4.78 is 25.7. The normalized spacial score (nSPS) is 10.7. The molecule has 0 aliphatic heterocycles. The highest BCUT2D eigenvalue weighted by atomic mass is 19.1. The Morgan fingerprint density at radius 1 is 1.15 bits per heavy atom. The van der Waals surface area contributed by atoms with Crippen LogP contribution in [0.3, 0.4) is 0 Å². The largest absolute Gasteiger partial charge is 0.497 e. The van der Waals surface area contributed by atoms with Gasteiger partial charge < -0.3 is 19.4 Å². The van der Waals surface area contributed by atoms with Gasteiger partial charge in [0.15, 0.2) is 0 Å². The Morgan fingerprint density at radius 3 is 2.59 bits per heavy atom. The van der Waals surface area contributed by atoms with Crippen LogP contribution >= 0.6 is 0 Å². The third-order valence-corrected chi connectivity index (χ3v) is 4.28. The van der Waals surface area contributed by atoms with E-state index in [4.69, 9.17) is 9.47 Å². The maximum absolute atomic E-state index is 13.6. The van der Waals surface area contributed by atoms with E-state index >= 15 is 0 Å². The van der Waals surface area contributed by atoms with Gasteiger partial charge in [-0.05, 0) is 37.3 Å². The Hall–Kier alpha value is -3.35. The standard InChI is InChI=1S/C20H19FN2O4/c1-4-23-11-15(19(24)14-9-12(21)5-8-17(14)23)20(25)22-16-7-6-13(26-2)10-18(16)27-3/h5-11H,4H2,1-3H3,(H,22,25). The van der Waals surface area contributed by atoms with Gasteiger partial charge >= 0.3 is 0 Å². The SMILES string of the molecule is CCn1cc(C(=O)Nc2ccc(OC)cc2OC)c(=O)c2cc(F)ccc21. The minimum absolute atomic E-state index is 0.0761. The number of aromatic nitrogens is 1. The predicted molar refractivity (Wildman–Crippen MR) is 101 cm³/mol. The molecule has 0 radical (unpaired) electrons. The van der Waals surface area contributed by atoms with Crippen molar-refractivity contribution in [1.82, 2.24) is 4.57 Å². The van der Waals surface area contributed by atoms with Gasteiger partial charge in [0, 0.05) is 24.2 Å². The smallest absolute Gasteiger partial charge is 0.261 e. The number of halogens is 1. The summed E-state index contributed by atoms with van der Waals surface area (Å²) in [6.07, 6.45) is 1.48. The van der Waals surface area contributed by atoms with Crippen LogP contribution in [0.2, 0.25) is 0 Å². The first-order valence-corrected chi connectivity index (χ1v) is 8.34. The van der Waals surface area contributed by atoms with Gasteiger partial charge in [0.05, 0.1) is 25.4 Å². The number of aryl methyl sites for hydroxylation is 1. The average molecular weight is 370 g/mol. The molecule has 0 saturated carbocycles. The molecule has 0 atom stereocenters. The lowest BCUT2D eigenvalue weighted by atomic mass is 10.1. The molecule has 0 bridgehead atoms. The van der Waals surface area contributed by atoms with E-state index in [-0.39, 0.29) is 10.9 Å². The molecule has 0 fully saturated rings. The topological polar surface area (TPSA) is 69.6 Å². The van der Waals surface area contributed by atoms with Crippen LogP contribution in [0.15, 0.2) is 47.4 Å². The second-order valence-corrected chi connectivity index (χ2v) is 5.84. The average Bonchev–Trinajstić information content (AvgIpc) is 2.68. The molecule has 0 spiro atoms. The molecular formula is C20H19FN2O4. The van der Waals surface area contributed by atoms with Crippen LogP contribution in [0.25, 0.3) is 10.9 Å². The van der Waals surface area contributed by atoms with Crippen molar-refractivity contribution in [3.05, 3.63) is 64.2 Å². The van der Waals surface area contributed by atoms with Crippen molar-refractivity contribution in [3.63, 3.8) is 0 Å². The van der Waals surface area contributed by atoms with Crippen LogP contribution in [-0.4, -0.2) is 24.7 Å². The molecule has 0 aliphatic carbocycles. The summed E-state index contributed by atoms with van der Waals surface area (Å²) in [6.45, 7) is 2.40. The fraction of sp³-hybridized carbons (Fsp3) is 0.200. The molecule has 3 rings (SSSR count). The summed E-state index contributed by atoms with van der Waals surface area (Å²) in [5.74, 6) is -0.168. The molecule has 140 valence electrons. The number of nitrogens with zero attached hydrogens (tertiary/aromatic N) is 1. The van der Waals surface area contributed by atoms with Crippen LogP contribution in [0.5, 0.6) is 11.5 Å². The van der Waals surface area contributed by atoms with Crippen molar-refractivity contribution >= 4 is 22.5 Å². The number of ether oxygens (including phenoxy) is 2. The van der Waals surface area contributed by atoms with Gasteiger partial charge in [0.25, 0.3) is 5.91 Å². The van der Waals surface area contributed by atoms with Gasteiger partial charge in [-0.15, -0.1) is 0 Å². The van der Waals surface area contributed by atoms with Gasteiger partial charge in [0.1, 0.15) is 22.9 Å². The van der Waals surface area contributed by atoms with Crippen molar-refractivity contribution in [1.29, 1.82) is 0 Å². The number of carbonyl (C=O) groups excluding carboxylic acids is 1. The summed E-state index contributed by atoms with van der Waals surface area (Å²) in [4.78, 5) is 25.5. The summed E-state index contributed by atoms with van der Waals surface area (Å²) in [5, 5.41) is 2.83. The second-order valence-electron chi connectivity index (χ2n) is 5.84. The number of carbonyl (C=O) groups is 1. The number of hydrogen-bond acceptors (Lipinski definition) is 4. The highest BCUT2D eigenvalue weighted by molar-refractivity contribution is 6.06. The summed E-state index contributed by atoms with van der Waals surface area (Å²) in [7, 11) is 2.99. The van der Waals surface area contributed by atoms with Gasteiger partial charge in [-0.25, -0.2) is 4.39 Å². The maximum atomic E-state index is 13.6. The second kappa shape index (κ2) is 7.49. The number of nitrogens with one attached hydrogen (secondary N) is 1. The highest BCUT2D eigenvalue weighted by Gasteiger charge is 2.17. The number of hydrogen-bond donors (Lipinski definition) is 1. The van der Waals surface area contributed by atoms with E-state index in [1.807, 2.05) is 6.92 Å². The van der Waals surface area contributed by atoms with Crippen LogP contribution in [-0.2, 0) is 6.54 Å². The molecule has 27 heavy (non-hydrogen) atoms. The molecule has 1 amide bonds. The van der Waals surface area contributed by atoms with Crippen molar-refractivity contribution in [3.8, 4) is 11.5 Å². The number of amides is 1. The number of fused-ring (bicyclic) bond motifs is 1. The van der Waals surface area contributed by atoms with Crippen molar-refractivity contribution in [2.24, 2.45) is 0 Å². The fourth-order valence-electron chi connectivity index (χ4n) is 2.88. The van der Waals surface area contributed by atoms with Crippen LogP contribution < -0.4 is 20.2 Å². The van der Waals surface area contributed by atoms with Crippen molar-refractivity contribution in [2.75, 3.05) is 19.5 Å². The minimum atomic E-state index is -0.600. The lowest BCUT2D eigenvalue weighted by molar-refractivity contribution is 0.102. The van der Waals surface area contributed by atoms with E-state index in [0.717, 1.165) is 6.07 Å². The van der Waals surface area contributed by atoms with E-state index in [2.05, 4.69) is 5.32 Å². The molecule has 0 saturated heterocycles. The molecule has 7 heteroatoms. The fourth-order valence-corrected chi connectivity index (χ4v) is 2.88. The number of rotatable bonds is 5. The predicted octanol–water partition coefficient (Wildman–Crippen LogP) is 3.43. The van der Waals surface area contributed by atoms with Crippen molar-refractivity contribution in [2.45, 2.75) is 13.5 Å². The van der Waals surface area contributed by atoms with Gasteiger partial charge in [-0.2, -0.15) is 0 Å². The first-order valence-electron chi connectivity index (χ1n) is 8.34. The van der Waals surface area contributed by atoms with E-state index < -0.39 is 17.2 Å². The summed E-state index contributed by atoms with van der Waals surface area (Å²) in [5.41, 5.74) is 0.361. The highest BCUT2D eigenvalue weighted by Crippen LogP contribution is 2.29. The van der Waals surface area contributed by atoms with Crippen LogP contribution in [0, 0.1) is 5.82 Å². The van der Waals surface area contributed by atoms with Gasteiger partial charge in [0.2, 0.25) is 5.43 Å². The molecule has 2 aromatic carbocycles. The Balaban J connectivity index is 2.06. The minimum Gasteiger partial charge on any atom is -0.497 e. The Labute approximate surface area is 155 Å². The first-order chi connectivity index (χ1) is 13.0. The Kier molecular flexibility index (Phi) is 5.12. The Bertz CT molecular complexity index is 1080. The molecule has 3 aromatic rings. The Morgan fingerprint density at radius 2 is 1.93 bits per heavy atom. The monoisotopic (exact) mass is 370 g/mol. The molecule has 1 N–H and O–H groups in total. The molecule has 0 aliphatic rings. The number of anilines is 1. The van der Waals surface area contributed by atoms with Gasteiger partial charge in [-0.3, -0.25) is 9.59 Å². The first kappa shape index (κ1) is 18.4. The van der Waals surface area contributed by atoms with Crippen LogP contribution in [0.4, 0.5) is 10.1 Å². The van der Waals surface area contributed by atoms with E-state index in [0.29, 0.717) is 29.2 Å². The third kappa shape index (κ3) is 3.48. The quantitative estimate of drug-likeness (QED) is 0.747. The number of benzene rings is 2. The summed E-state index contributed by atoms with van der Waals surface area (Å²) in [6, 6.07) is 8.87. The number of methoxy groups -OCH3 is 2. The third-order valence-electron chi connectivity index (χ3n) is 4.28. The molecule has 1 aromatic heterocycles. The molecule has 0 unspecified atom stereocenters. The zero-order chi connectivity index (χ0) is 19.6. The van der Waals surface area contributed by atoms with E-state index in [9.17, 15) is 14.0 Å². The van der Waals surface area contributed by atoms with Gasteiger partial charge in [-0.1, -0.05) is 0 Å².